The smallest absolute Gasteiger partial charge is 0.185 e. The fourth-order valence-electron chi connectivity index (χ4n) is 2.17. The molecular formula is C18H16O3. The number of hydrogen-bond donors (Lipinski definition) is 0. The quantitative estimate of drug-likeness (QED) is 0.791. The molecule has 1 heterocycles. The SMILES string of the molecule is COc1ccc(C#Cc2ccccc2C2OCCO2)cc1. The fourth-order valence-corrected chi connectivity index (χ4v) is 2.17. The lowest BCUT2D eigenvalue weighted by atomic mass is 10.1. The van der Waals surface area contributed by atoms with Crippen LogP contribution in [0.5, 0.6) is 5.75 Å². The molecule has 0 radical (unpaired) electrons. The first kappa shape index (κ1) is 13.7. The van der Waals surface area contributed by atoms with Gasteiger partial charge in [-0.1, -0.05) is 30.0 Å². The molecule has 2 aromatic rings. The molecule has 21 heavy (non-hydrogen) atoms. The van der Waals surface area contributed by atoms with Gasteiger partial charge >= 0.3 is 0 Å². The van der Waals surface area contributed by atoms with Gasteiger partial charge in [0.25, 0.3) is 0 Å². The van der Waals surface area contributed by atoms with Gasteiger partial charge in [0.05, 0.1) is 20.3 Å². The zero-order valence-corrected chi connectivity index (χ0v) is 11.8. The third-order valence-corrected chi connectivity index (χ3v) is 3.27. The lowest BCUT2D eigenvalue weighted by Gasteiger charge is -2.10. The van der Waals surface area contributed by atoms with Crippen LogP contribution in [0, 0.1) is 11.8 Å². The van der Waals surface area contributed by atoms with Crippen LogP contribution in [-0.4, -0.2) is 20.3 Å². The number of rotatable bonds is 2. The van der Waals surface area contributed by atoms with Crippen LogP contribution in [0.2, 0.25) is 0 Å². The Bertz CT molecular complexity index is 659. The van der Waals surface area contributed by atoms with Crippen LogP contribution in [0.4, 0.5) is 0 Å². The first-order chi connectivity index (χ1) is 10.4. The highest BCUT2D eigenvalue weighted by atomic mass is 16.7. The lowest BCUT2D eigenvalue weighted by molar-refractivity contribution is -0.0442. The molecule has 2 aromatic carbocycles. The van der Waals surface area contributed by atoms with Crippen LogP contribution in [0.25, 0.3) is 0 Å². The second-order valence-electron chi connectivity index (χ2n) is 4.64. The summed E-state index contributed by atoms with van der Waals surface area (Å²) in [6.07, 6.45) is -0.300. The summed E-state index contributed by atoms with van der Waals surface area (Å²) in [7, 11) is 1.65. The van der Waals surface area contributed by atoms with Gasteiger partial charge in [0.2, 0.25) is 0 Å². The van der Waals surface area contributed by atoms with E-state index in [4.69, 9.17) is 14.2 Å². The Balaban J connectivity index is 1.86. The van der Waals surface area contributed by atoms with Crippen LogP contribution in [0.15, 0.2) is 48.5 Å². The summed E-state index contributed by atoms with van der Waals surface area (Å²) in [6, 6.07) is 15.6. The molecule has 0 aromatic heterocycles. The average molecular weight is 280 g/mol. The van der Waals surface area contributed by atoms with Crippen molar-refractivity contribution >= 4 is 0 Å². The van der Waals surface area contributed by atoms with Crippen molar-refractivity contribution < 1.29 is 14.2 Å². The van der Waals surface area contributed by atoms with Crippen LogP contribution < -0.4 is 4.74 Å². The zero-order valence-electron chi connectivity index (χ0n) is 11.8. The van der Waals surface area contributed by atoms with E-state index in [2.05, 4.69) is 11.8 Å². The summed E-state index contributed by atoms with van der Waals surface area (Å²) >= 11 is 0. The molecule has 1 aliphatic heterocycles. The third kappa shape index (κ3) is 3.25. The normalized spacial score (nSPS) is 14.5. The minimum Gasteiger partial charge on any atom is -0.497 e. The number of methoxy groups -OCH3 is 1. The van der Waals surface area contributed by atoms with E-state index in [1.807, 2.05) is 48.5 Å². The van der Waals surface area contributed by atoms with Crippen LogP contribution >= 0.6 is 0 Å². The van der Waals surface area contributed by atoms with E-state index in [1.165, 1.54) is 0 Å². The molecule has 0 unspecified atom stereocenters. The highest BCUT2D eigenvalue weighted by Gasteiger charge is 2.20. The second-order valence-corrected chi connectivity index (χ2v) is 4.64. The molecular weight excluding hydrogens is 264 g/mol. The van der Waals surface area contributed by atoms with Gasteiger partial charge < -0.3 is 14.2 Å². The van der Waals surface area contributed by atoms with Gasteiger partial charge in [-0.15, -0.1) is 0 Å². The summed E-state index contributed by atoms with van der Waals surface area (Å²) in [6.45, 7) is 1.26. The largest absolute Gasteiger partial charge is 0.497 e. The maximum absolute atomic E-state index is 5.56. The molecule has 1 fully saturated rings. The predicted molar refractivity (Wildman–Crippen MR) is 80.1 cm³/mol. The molecule has 3 heteroatoms. The first-order valence-corrected chi connectivity index (χ1v) is 6.85. The van der Waals surface area contributed by atoms with E-state index in [0.717, 1.165) is 22.4 Å². The maximum atomic E-state index is 5.56. The van der Waals surface area contributed by atoms with Gasteiger partial charge in [-0.25, -0.2) is 0 Å². The van der Waals surface area contributed by atoms with Crippen molar-refractivity contribution in [2.24, 2.45) is 0 Å². The standard InChI is InChI=1S/C18H16O3/c1-19-16-10-7-14(8-11-16)6-9-15-4-2-3-5-17(15)18-20-12-13-21-18/h2-5,7-8,10-11,18H,12-13H2,1H3. The van der Waals surface area contributed by atoms with Gasteiger partial charge in [-0.2, -0.15) is 0 Å². The molecule has 1 saturated heterocycles. The molecule has 0 N–H and O–H groups in total. The highest BCUT2D eigenvalue weighted by Crippen LogP contribution is 2.25. The second kappa shape index (κ2) is 6.45. The number of benzene rings is 2. The van der Waals surface area contributed by atoms with Crippen molar-refractivity contribution in [1.29, 1.82) is 0 Å². The van der Waals surface area contributed by atoms with Gasteiger partial charge in [0, 0.05) is 16.7 Å². The Morgan fingerprint density at radius 3 is 2.38 bits per heavy atom. The fraction of sp³-hybridized carbons (Fsp3) is 0.222. The van der Waals surface area contributed by atoms with Crippen molar-refractivity contribution in [3.05, 3.63) is 65.2 Å². The summed E-state index contributed by atoms with van der Waals surface area (Å²) in [4.78, 5) is 0. The van der Waals surface area contributed by atoms with Gasteiger partial charge in [-0.05, 0) is 30.3 Å². The van der Waals surface area contributed by atoms with Gasteiger partial charge in [0.1, 0.15) is 5.75 Å². The molecule has 0 spiro atoms. The Hall–Kier alpha value is -2.28. The molecule has 0 aliphatic carbocycles. The number of hydrogen-bond acceptors (Lipinski definition) is 3. The Morgan fingerprint density at radius 1 is 0.952 bits per heavy atom. The van der Waals surface area contributed by atoms with Crippen LogP contribution in [-0.2, 0) is 9.47 Å². The van der Waals surface area contributed by atoms with Crippen molar-refractivity contribution in [1.82, 2.24) is 0 Å². The molecule has 0 bridgehead atoms. The van der Waals surface area contributed by atoms with Crippen LogP contribution in [0.3, 0.4) is 0 Å². The molecule has 0 atom stereocenters. The highest BCUT2D eigenvalue weighted by molar-refractivity contribution is 5.47. The monoisotopic (exact) mass is 280 g/mol. The van der Waals surface area contributed by atoms with E-state index < -0.39 is 0 Å². The van der Waals surface area contributed by atoms with Gasteiger partial charge in [0.15, 0.2) is 6.29 Å². The van der Waals surface area contributed by atoms with Gasteiger partial charge in [-0.3, -0.25) is 0 Å². The third-order valence-electron chi connectivity index (χ3n) is 3.27. The zero-order chi connectivity index (χ0) is 14.5. The maximum Gasteiger partial charge on any atom is 0.185 e. The van der Waals surface area contributed by atoms with Crippen LogP contribution in [0.1, 0.15) is 23.0 Å². The molecule has 3 rings (SSSR count). The summed E-state index contributed by atoms with van der Waals surface area (Å²) < 4.78 is 16.2. The topological polar surface area (TPSA) is 27.7 Å². The average Bonchev–Trinajstić information content (AvgIpc) is 3.08. The Kier molecular flexibility index (Phi) is 4.20. The summed E-state index contributed by atoms with van der Waals surface area (Å²) in [5, 5.41) is 0. The van der Waals surface area contributed by atoms with Crippen molar-refractivity contribution in [3.63, 3.8) is 0 Å². The van der Waals surface area contributed by atoms with Crippen molar-refractivity contribution in [3.8, 4) is 17.6 Å². The van der Waals surface area contributed by atoms with E-state index >= 15 is 0 Å². The minimum atomic E-state index is -0.300. The van der Waals surface area contributed by atoms with E-state index in [0.29, 0.717) is 13.2 Å². The Labute approximate surface area is 124 Å². The molecule has 106 valence electrons. The molecule has 0 amide bonds. The molecule has 0 saturated carbocycles. The minimum absolute atomic E-state index is 0.300. The van der Waals surface area contributed by atoms with Crippen molar-refractivity contribution in [2.45, 2.75) is 6.29 Å². The van der Waals surface area contributed by atoms with Crippen molar-refractivity contribution in [2.75, 3.05) is 20.3 Å². The predicted octanol–water partition coefficient (Wildman–Crippen LogP) is 3.14. The first-order valence-electron chi connectivity index (χ1n) is 6.85. The summed E-state index contributed by atoms with van der Waals surface area (Å²) in [5.74, 6) is 7.18. The molecule has 1 aliphatic rings. The number of ether oxygens (including phenoxy) is 3. The molecule has 3 nitrogen and oxygen atoms in total. The van der Waals surface area contributed by atoms with E-state index in [-0.39, 0.29) is 6.29 Å². The summed E-state index contributed by atoms with van der Waals surface area (Å²) in [5.41, 5.74) is 2.86. The Morgan fingerprint density at radius 2 is 1.67 bits per heavy atom. The van der Waals surface area contributed by atoms with E-state index in [1.54, 1.807) is 7.11 Å². The van der Waals surface area contributed by atoms with E-state index in [9.17, 15) is 0 Å². The lowest BCUT2D eigenvalue weighted by Crippen LogP contribution is -2.00.